The average Bonchev–Trinajstić information content (AvgIpc) is 2.66. The highest BCUT2D eigenvalue weighted by Gasteiger charge is 2.38. The van der Waals surface area contributed by atoms with Gasteiger partial charge in [0.15, 0.2) is 6.04 Å². The van der Waals surface area contributed by atoms with Crippen LogP contribution in [0.5, 0.6) is 5.75 Å². The monoisotopic (exact) mass is 358 g/mol. The lowest BCUT2D eigenvalue weighted by Crippen LogP contribution is -2.47. The first-order valence-corrected chi connectivity index (χ1v) is 8.29. The third-order valence-corrected chi connectivity index (χ3v) is 3.90. The smallest absolute Gasteiger partial charge is 0.335 e. The van der Waals surface area contributed by atoms with Crippen molar-refractivity contribution in [1.82, 2.24) is 0 Å². The van der Waals surface area contributed by atoms with E-state index < -0.39 is 23.0 Å². The quantitative estimate of drug-likeness (QED) is 0.421. The summed E-state index contributed by atoms with van der Waals surface area (Å²) in [4.78, 5) is 23.6. The summed E-state index contributed by atoms with van der Waals surface area (Å²) in [6.45, 7) is 1.82. The van der Waals surface area contributed by atoms with Gasteiger partial charge in [-0.3, -0.25) is 10.1 Å². The highest BCUT2D eigenvalue weighted by Crippen LogP contribution is 2.19. The molecule has 1 N–H and O–H groups in total. The zero-order valence-corrected chi connectivity index (χ0v) is 14.8. The van der Waals surface area contributed by atoms with Gasteiger partial charge in [-0.1, -0.05) is 30.3 Å². The molecule has 0 aliphatic rings. The minimum Gasteiger partial charge on any atom is -0.497 e. The van der Waals surface area contributed by atoms with Crippen molar-refractivity contribution in [2.75, 3.05) is 19.0 Å². The molecule has 0 radical (unpaired) electrons. The summed E-state index contributed by atoms with van der Waals surface area (Å²) in [6.07, 6.45) is 0.112. The largest absolute Gasteiger partial charge is 0.497 e. The Labute approximate surface area is 152 Å². The van der Waals surface area contributed by atoms with Crippen LogP contribution in [-0.4, -0.2) is 36.7 Å². The summed E-state index contributed by atoms with van der Waals surface area (Å²) in [5.41, 5.74) is 1.35. The molecule has 0 fully saturated rings. The van der Waals surface area contributed by atoms with Gasteiger partial charge in [-0.15, -0.1) is 0 Å². The van der Waals surface area contributed by atoms with E-state index in [0.717, 1.165) is 5.56 Å². The number of nitro groups is 1. The Bertz CT molecular complexity index is 718. The molecule has 2 rings (SSSR count). The molecule has 2 aromatic carbocycles. The van der Waals surface area contributed by atoms with Gasteiger partial charge in [-0.25, -0.2) is 4.79 Å². The molecule has 0 unspecified atom stereocenters. The van der Waals surface area contributed by atoms with Crippen molar-refractivity contribution in [2.45, 2.75) is 25.4 Å². The second kappa shape index (κ2) is 9.41. The molecule has 2 aromatic rings. The van der Waals surface area contributed by atoms with Crippen LogP contribution in [0.3, 0.4) is 0 Å². The van der Waals surface area contributed by atoms with E-state index in [1.807, 2.05) is 18.2 Å². The van der Waals surface area contributed by atoms with E-state index in [1.54, 1.807) is 50.4 Å². The van der Waals surface area contributed by atoms with E-state index in [2.05, 4.69) is 5.32 Å². The fourth-order valence-electron chi connectivity index (χ4n) is 2.58. The SMILES string of the molecule is CCOC(=O)[C@H](Nc1ccc(OC)cc1)[C@@H](Cc1ccccc1)[N+](=O)[O-]. The number of esters is 1. The lowest BCUT2D eigenvalue weighted by molar-refractivity contribution is -0.522. The number of hydrogen-bond donors (Lipinski definition) is 1. The minimum atomic E-state index is -1.17. The van der Waals surface area contributed by atoms with E-state index in [9.17, 15) is 14.9 Å². The van der Waals surface area contributed by atoms with Gasteiger partial charge in [0.05, 0.1) is 13.7 Å². The summed E-state index contributed by atoms with van der Waals surface area (Å²) in [5.74, 6) is -0.000652. The molecule has 0 amide bonds. The van der Waals surface area contributed by atoms with Crippen molar-refractivity contribution in [1.29, 1.82) is 0 Å². The van der Waals surface area contributed by atoms with Gasteiger partial charge in [0.2, 0.25) is 6.04 Å². The topological polar surface area (TPSA) is 90.7 Å². The minimum absolute atomic E-state index is 0.112. The van der Waals surface area contributed by atoms with E-state index in [4.69, 9.17) is 9.47 Å². The zero-order chi connectivity index (χ0) is 18.9. The zero-order valence-electron chi connectivity index (χ0n) is 14.8. The molecule has 0 spiro atoms. The average molecular weight is 358 g/mol. The summed E-state index contributed by atoms with van der Waals surface area (Å²) in [5, 5.41) is 14.6. The van der Waals surface area contributed by atoms with Crippen LogP contribution < -0.4 is 10.1 Å². The van der Waals surface area contributed by atoms with Crippen molar-refractivity contribution >= 4 is 11.7 Å². The molecule has 0 aromatic heterocycles. The second-order valence-electron chi connectivity index (χ2n) is 5.64. The Morgan fingerprint density at radius 2 is 1.81 bits per heavy atom. The molecule has 0 saturated carbocycles. The number of rotatable bonds is 9. The summed E-state index contributed by atoms with van der Waals surface area (Å²) in [6, 6.07) is 13.6. The Morgan fingerprint density at radius 3 is 2.35 bits per heavy atom. The standard InChI is InChI=1S/C19H22N2O5/c1-3-26-19(22)18(20-15-9-11-16(25-2)12-10-15)17(21(23)24)13-14-7-5-4-6-8-14/h4-12,17-18,20H,3,13H2,1-2H3/t17-,18-/m1/s1. The van der Waals surface area contributed by atoms with E-state index in [1.165, 1.54) is 0 Å². The molecular weight excluding hydrogens is 336 g/mol. The summed E-state index contributed by atoms with van der Waals surface area (Å²) in [7, 11) is 1.55. The van der Waals surface area contributed by atoms with Crippen LogP contribution in [0.4, 0.5) is 5.69 Å². The van der Waals surface area contributed by atoms with Crippen LogP contribution in [-0.2, 0) is 16.0 Å². The van der Waals surface area contributed by atoms with Crippen molar-refractivity contribution in [3.63, 3.8) is 0 Å². The number of benzene rings is 2. The fourth-order valence-corrected chi connectivity index (χ4v) is 2.58. The molecule has 0 aliphatic heterocycles. The molecule has 7 heteroatoms. The molecule has 0 aliphatic carbocycles. The number of carbonyl (C=O) groups excluding carboxylic acids is 1. The number of nitrogens with zero attached hydrogens (tertiary/aromatic N) is 1. The number of anilines is 1. The van der Waals surface area contributed by atoms with Gasteiger partial charge in [0.25, 0.3) is 0 Å². The first-order chi connectivity index (χ1) is 12.5. The van der Waals surface area contributed by atoms with Gasteiger partial charge in [-0.05, 0) is 36.8 Å². The van der Waals surface area contributed by atoms with Gasteiger partial charge in [0.1, 0.15) is 5.75 Å². The molecular formula is C19H22N2O5. The number of carbonyl (C=O) groups is 1. The number of nitrogens with one attached hydrogen (secondary N) is 1. The summed E-state index contributed by atoms with van der Waals surface area (Å²) >= 11 is 0. The van der Waals surface area contributed by atoms with E-state index in [0.29, 0.717) is 11.4 Å². The number of hydrogen-bond acceptors (Lipinski definition) is 6. The molecule has 26 heavy (non-hydrogen) atoms. The fraction of sp³-hybridized carbons (Fsp3) is 0.316. The van der Waals surface area contributed by atoms with Gasteiger partial charge < -0.3 is 14.8 Å². The lowest BCUT2D eigenvalue weighted by Gasteiger charge is -2.22. The third-order valence-electron chi connectivity index (χ3n) is 3.90. The molecule has 7 nitrogen and oxygen atoms in total. The molecule has 0 bridgehead atoms. The van der Waals surface area contributed by atoms with Crippen LogP contribution in [0, 0.1) is 10.1 Å². The van der Waals surface area contributed by atoms with Crippen molar-refractivity contribution in [3.8, 4) is 5.75 Å². The van der Waals surface area contributed by atoms with Crippen LogP contribution in [0.2, 0.25) is 0 Å². The van der Waals surface area contributed by atoms with Crippen molar-refractivity contribution in [3.05, 3.63) is 70.3 Å². The maximum atomic E-state index is 12.4. The van der Waals surface area contributed by atoms with Gasteiger partial charge in [0, 0.05) is 17.0 Å². The first-order valence-electron chi connectivity index (χ1n) is 8.29. The molecule has 0 saturated heterocycles. The lowest BCUT2D eigenvalue weighted by atomic mass is 9.99. The van der Waals surface area contributed by atoms with E-state index in [-0.39, 0.29) is 13.0 Å². The van der Waals surface area contributed by atoms with Crippen LogP contribution >= 0.6 is 0 Å². The Balaban J connectivity index is 2.26. The number of methoxy groups -OCH3 is 1. The van der Waals surface area contributed by atoms with Crippen LogP contribution in [0.25, 0.3) is 0 Å². The number of ether oxygens (including phenoxy) is 2. The third kappa shape index (κ3) is 5.20. The Hall–Kier alpha value is -3.09. The maximum Gasteiger partial charge on any atom is 0.335 e. The van der Waals surface area contributed by atoms with E-state index >= 15 is 0 Å². The first kappa shape index (κ1) is 19.2. The Morgan fingerprint density at radius 1 is 1.15 bits per heavy atom. The van der Waals surface area contributed by atoms with Gasteiger partial charge in [-0.2, -0.15) is 0 Å². The van der Waals surface area contributed by atoms with Crippen LogP contribution in [0.15, 0.2) is 54.6 Å². The molecule has 2 atom stereocenters. The highest BCUT2D eigenvalue weighted by molar-refractivity contribution is 5.80. The van der Waals surface area contributed by atoms with Crippen molar-refractivity contribution < 1.29 is 19.2 Å². The highest BCUT2D eigenvalue weighted by atomic mass is 16.6. The predicted octanol–water partition coefficient (Wildman–Crippen LogP) is 2.93. The molecule has 0 heterocycles. The van der Waals surface area contributed by atoms with Gasteiger partial charge >= 0.3 is 5.97 Å². The van der Waals surface area contributed by atoms with Crippen LogP contribution in [0.1, 0.15) is 12.5 Å². The molecule has 138 valence electrons. The normalized spacial score (nSPS) is 12.7. The maximum absolute atomic E-state index is 12.4. The second-order valence-corrected chi connectivity index (χ2v) is 5.64. The predicted molar refractivity (Wildman–Crippen MR) is 98.0 cm³/mol. The van der Waals surface area contributed by atoms with Crippen molar-refractivity contribution in [2.24, 2.45) is 0 Å². The Kier molecular flexibility index (Phi) is 6.96. The summed E-state index contributed by atoms with van der Waals surface area (Å²) < 4.78 is 10.2.